The van der Waals surface area contributed by atoms with Gasteiger partial charge in [0, 0.05) is 7.11 Å². The minimum Gasteiger partial charge on any atom is -0.490 e. The number of methoxy groups -OCH3 is 1. The van der Waals surface area contributed by atoms with E-state index in [0.29, 0.717) is 17.9 Å². The molecule has 0 aromatic heterocycles. The number of ether oxygens (including phenoxy) is 3. The quantitative estimate of drug-likeness (QED) is 0.697. The van der Waals surface area contributed by atoms with Gasteiger partial charge in [-0.05, 0) is 25.5 Å². The lowest BCUT2D eigenvalue weighted by molar-refractivity contribution is -0.0423. The summed E-state index contributed by atoms with van der Waals surface area (Å²) in [5, 5.41) is 9.80. The van der Waals surface area contributed by atoms with Crippen molar-refractivity contribution in [3.8, 4) is 5.75 Å². The van der Waals surface area contributed by atoms with E-state index in [9.17, 15) is 9.90 Å². The highest BCUT2D eigenvalue weighted by molar-refractivity contribution is 5.80. The molecular weight excluding hydrogens is 260 g/mol. The molecule has 0 bridgehead atoms. The fraction of sp³-hybridized carbons (Fsp3) is 0.533. The maximum absolute atomic E-state index is 10.9. The molecule has 1 rings (SSSR count). The summed E-state index contributed by atoms with van der Waals surface area (Å²) < 4.78 is 15.8. The Labute approximate surface area is 119 Å². The first-order valence-electron chi connectivity index (χ1n) is 6.54. The molecule has 0 aliphatic heterocycles. The smallest absolute Gasteiger partial charge is 0.153 e. The van der Waals surface area contributed by atoms with Crippen molar-refractivity contribution in [3.63, 3.8) is 0 Å². The second-order valence-electron chi connectivity index (χ2n) is 4.68. The average molecular weight is 282 g/mol. The van der Waals surface area contributed by atoms with Crippen LogP contribution < -0.4 is 4.74 Å². The molecule has 5 nitrogen and oxygen atoms in total. The van der Waals surface area contributed by atoms with Crippen molar-refractivity contribution in [3.05, 3.63) is 29.3 Å². The maximum Gasteiger partial charge on any atom is 0.153 e. The third kappa shape index (κ3) is 5.28. The van der Waals surface area contributed by atoms with Crippen LogP contribution in [0.2, 0.25) is 0 Å². The molecule has 5 heteroatoms. The second kappa shape index (κ2) is 8.68. The summed E-state index contributed by atoms with van der Waals surface area (Å²) in [6.45, 7) is 4.42. The molecule has 0 heterocycles. The lowest BCUT2D eigenvalue weighted by atomic mass is 10.1. The lowest BCUT2D eigenvalue weighted by Gasteiger charge is -2.17. The van der Waals surface area contributed by atoms with Crippen molar-refractivity contribution in [2.45, 2.75) is 26.1 Å². The second-order valence-corrected chi connectivity index (χ2v) is 4.68. The molecule has 0 amide bonds. The van der Waals surface area contributed by atoms with Gasteiger partial charge in [-0.25, -0.2) is 0 Å². The van der Waals surface area contributed by atoms with Crippen LogP contribution in [0.4, 0.5) is 0 Å². The van der Waals surface area contributed by atoms with E-state index in [2.05, 4.69) is 0 Å². The number of carbonyl (C=O) groups is 1. The molecule has 1 aromatic rings. The third-order valence-corrected chi connectivity index (χ3v) is 2.76. The van der Waals surface area contributed by atoms with Gasteiger partial charge in [-0.15, -0.1) is 0 Å². The van der Waals surface area contributed by atoms with E-state index in [0.717, 1.165) is 11.8 Å². The molecule has 1 N–H and O–H groups in total. The normalized spacial score (nSPS) is 13.8. The summed E-state index contributed by atoms with van der Waals surface area (Å²) in [6.07, 6.45) is -0.0987. The number of benzene rings is 1. The van der Waals surface area contributed by atoms with E-state index in [1.807, 2.05) is 19.9 Å². The number of aldehydes is 1. The molecule has 0 saturated carbocycles. The predicted molar refractivity (Wildman–Crippen MR) is 75.4 cm³/mol. The fourth-order valence-corrected chi connectivity index (χ4v) is 1.75. The van der Waals surface area contributed by atoms with Crippen molar-refractivity contribution in [2.24, 2.45) is 0 Å². The van der Waals surface area contributed by atoms with Gasteiger partial charge in [0.2, 0.25) is 0 Å². The lowest BCUT2D eigenvalue weighted by Crippen LogP contribution is -2.27. The zero-order valence-corrected chi connectivity index (χ0v) is 12.2. The Morgan fingerprint density at radius 2 is 2.05 bits per heavy atom. The Morgan fingerprint density at radius 3 is 2.70 bits per heavy atom. The summed E-state index contributed by atoms with van der Waals surface area (Å²) in [7, 11) is 1.60. The van der Waals surface area contributed by atoms with Gasteiger partial charge < -0.3 is 19.3 Å². The number of para-hydroxylation sites is 1. The topological polar surface area (TPSA) is 65.0 Å². The van der Waals surface area contributed by atoms with Crippen molar-refractivity contribution in [2.75, 3.05) is 26.9 Å². The zero-order valence-electron chi connectivity index (χ0n) is 12.2. The average Bonchev–Trinajstić information content (AvgIpc) is 2.43. The number of aliphatic hydroxyl groups excluding tert-OH is 1. The summed E-state index contributed by atoms with van der Waals surface area (Å²) in [5.74, 6) is 0.506. The van der Waals surface area contributed by atoms with E-state index in [4.69, 9.17) is 14.2 Å². The van der Waals surface area contributed by atoms with Crippen LogP contribution in [-0.4, -0.2) is 50.5 Å². The van der Waals surface area contributed by atoms with Crippen molar-refractivity contribution < 1.29 is 24.1 Å². The van der Waals surface area contributed by atoms with Gasteiger partial charge in [0.15, 0.2) is 6.29 Å². The van der Waals surface area contributed by atoms with Gasteiger partial charge in [-0.3, -0.25) is 4.79 Å². The molecule has 0 fully saturated rings. The van der Waals surface area contributed by atoms with Crippen LogP contribution in [0, 0.1) is 6.92 Å². The Hall–Kier alpha value is -1.43. The Balaban J connectivity index is 2.45. The number of carbonyl (C=O) groups excluding carboxylic acids is 1. The Kier molecular flexibility index (Phi) is 7.22. The number of hydrogen-bond acceptors (Lipinski definition) is 5. The molecule has 2 unspecified atom stereocenters. The predicted octanol–water partition coefficient (Wildman–Crippen LogP) is 1.60. The van der Waals surface area contributed by atoms with Crippen molar-refractivity contribution >= 4 is 6.29 Å². The van der Waals surface area contributed by atoms with Crippen LogP contribution in [0.3, 0.4) is 0 Å². The molecule has 0 saturated heterocycles. The molecule has 0 aliphatic carbocycles. The molecule has 20 heavy (non-hydrogen) atoms. The number of hydrogen-bond donors (Lipinski definition) is 1. The van der Waals surface area contributed by atoms with Crippen LogP contribution in [0.1, 0.15) is 22.8 Å². The van der Waals surface area contributed by atoms with Crippen molar-refractivity contribution in [1.29, 1.82) is 0 Å². The van der Waals surface area contributed by atoms with Gasteiger partial charge in [-0.2, -0.15) is 0 Å². The Morgan fingerprint density at radius 1 is 1.30 bits per heavy atom. The fourth-order valence-electron chi connectivity index (χ4n) is 1.75. The molecule has 1 aromatic carbocycles. The van der Waals surface area contributed by atoms with E-state index >= 15 is 0 Å². The third-order valence-electron chi connectivity index (χ3n) is 2.76. The monoisotopic (exact) mass is 282 g/mol. The Bertz CT molecular complexity index is 419. The van der Waals surface area contributed by atoms with Crippen LogP contribution in [0.15, 0.2) is 18.2 Å². The van der Waals surface area contributed by atoms with Crippen molar-refractivity contribution in [1.82, 2.24) is 0 Å². The molecular formula is C15H22O5. The molecule has 0 spiro atoms. The highest BCUT2D eigenvalue weighted by atomic mass is 16.5. The van der Waals surface area contributed by atoms with Crippen LogP contribution in [0.5, 0.6) is 5.75 Å². The minimum atomic E-state index is -0.756. The largest absolute Gasteiger partial charge is 0.490 e. The summed E-state index contributed by atoms with van der Waals surface area (Å²) >= 11 is 0. The number of rotatable bonds is 9. The maximum atomic E-state index is 10.9. The van der Waals surface area contributed by atoms with E-state index in [1.54, 1.807) is 19.2 Å². The summed E-state index contributed by atoms with van der Waals surface area (Å²) in [5.41, 5.74) is 1.33. The standard InChI is InChI=1S/C15H22O5/c1-11-5-4-6-13(7-16)15(11)20-10-14(17)9-19-12(2)8-18-3/h4-7,12,14,17H,8-10H2,1-3H3. The first kappa shape index (κ1) is 16.6. The van der Waals surface area contributed by atoms with Gasteiger partial charge in [0.05, 0.1) is 24.9 Å². The first-order chi connectivity index (χ1) is 9.58. The number of aliphatic hydroxyl groups is 1. The van der Waals surface area contributed by atoms with E-state index in [1.165, 1.54) is 0 Å². The van der Waals surface area contributed by atoms with Gasteiger partial charge in [-0.1, -0.05) is 12.1 Å². The molecule has 0 radical (unpaired) electrons. The van der Waals surface area contributed by atoms with Crippen LogP contribution in [0.25, 0.3) is 0 Å². The van der Waals surface area contributed by atoms with Gasteiger partial charge in [0.1, 0.15) is 18.5 Å². The molecule has 2 atom stereocenters. The van der Waals surface area contributed by atoms with E-state index in [-0.39, 0.29) is 19.3 Å². The van der Waals surface area contributed by atoms with Gasteiger partial charge >= 0.3 is 0 Å². The van der Waals surface area contributed by atoms with E-state index < -0.39 is 6.10 Å². The van der Waals surface area contributed by atoms with Crippen LogP contribution in [-0.2, 0) is 9.47 Å². The highest BCUT2D eigenvalue weighted by Crippen LogP contribution is 2.21. The SMILES string of the molecule is COCC(C)OCC(O)COc1c(C)cccc1C=O. The highest BCUT2D eigenvalue weighted by Gasteiger charge is 2.12. The summed E-state index contributed by atoms with van der Waals surface area (Å²) in [4.78, 5) is 10.9. The minimum absolute atomic E-state index is 0.0748. The summed E-state index contributed by atoms with van der Waals surface area (Å²) in [6, 6.07) is 5.32. The molecule has 112 valence electrons. The first-order valence-corrected chi connectivity index (χ1v) is 6.54. The van der Waals surface area contributed by atoms with Crippen LogP contribution >= 0.6 is 0 Å². The molecule has 0 aliphatic rings. The number of aryl methyl sites for hydroxylation is 1. The zero-order chi connectivity index (χ0) is 15.0. The van der Waals surface area contributed by atoms with Gasteiger partial charge in [0.25, 0.3) is 0 Å².